The highest BCUT2D eigenvalue weighted by Crippen LogP contribution is 2.22. The van der Waals surface area contributed by atoms with E-state index in [1.165, 1.54) is 14.2 Å². The van der Waals surface area contributed by atoms with Gasteiger partial charge in [0, 0.05) is 23.0 Å². The van der Waals surface area contributed by atoms with Crippen LogP contribution in [-0.4, -0.2) is 31.7 Å². The standard InChI is InChI=1S/C19H21N3O4/c1-13(9-18(23)20-15-7-5-4-6-8-15)21-22-19(24)14-10-16(25-2)12-17(11-14)26-3/h4-8,10-12H,9H2,1-3H3,(H,20,23)(H,22,24)/b21-13+. The molecule has 0 atom stereocenters. The van der Waals surface area contributed by atoms with E-state index in [0.29, 0.717) is 28.5 Å². The summed E-state index contributed by atoms with van der Waals surface area (Å²) in [5.41, 5.74) is 3.95. The average Bonchev–Trinajstić information content (AvgIpc) is 2.66. The fourth-order valence-corrected chi connectivity index (χ4v) is 2.15. The number of para-hydroxylation sites is 1. The molecule has 0 spiro atoms. The van der Waals surface area contributed by atoms with E-state index in [1.54, 1.807) is 37.3 Å². The maximum Gasteiger partial charge on any atom is 0.271 e. The number of hydrogen-bond donors (Lipinski definition) is 2. The minimum absolute atomic E-state index is 0.0661. The number of carbonyl (C=O) groups excluding carboxylic acids is 2. The first-order valence-corrected chi connectivity index (χ1v) is 7.93. The van der Waals surface area contributed by atoms with Gasteiger partial charge in [-0.05, 0) is 31.2 Å². The van der Waals surface area contributed by atoms with Gasteiger partial charge in [-0.3, -0.25) is 9.59 Å². The molecule has 0 radical (unpaired) electrons. The molecule has 2 amide bonds. The first-order chi connectivity index (χ1) is 12.5. The summed E-state index contributed by atoms with van der Waals surface area (Å²) in [5, 5.41) is 6.72. The van der Waals surface area contributed by atoms with E-state index in [-0.39, 0.29) is 12.3 Å². The average molecular weight is 355 g/mol. The Hall–Kier alpha value is -3.35. The van der Waals surface area contributed by atoms with Crippen molar-refractivity contribution < 1.29 is 19.1 Å². The zero-order valence-corrected chi connectivity index (χ0v) is 14.9. The Balaban J connectivity index is 1.95. The largest absolute Gasteiger partial charge is 0.497 e. The van der Waals surface area contributed by atoms with Gasteiger partial charge in [-0.2, -0.15) is 5.10 Å². The molecule has 2 N–H and O–H groups in total. The molecule has 2 rings (SSSR count). The smallest absolute Gasteiger partial charge is 0.271 e. The van der Waals surface area contributed by atoms with Crippen LogP contribution >= 0.6 is 0 Å². The van der Waals surface area contributed by atoms with E-state index >= 15 is 0 Å². The van der Waals surface area contributed by atoms with Crippen LogP contribution in [0.1, 0.15) is 23.7 Å². The third-order valence-electron chi connectivity index (χ3n) is 3.44. The quantitative estimate of drug-likeness (QED) is 0.590. The summed E-state index contributed by atoms with van der Waals surface area (Å²) in [6.45, 7) is 1.66. The number of ether oxygens (including phenoxy) is 2. The number of rotatable bonds is 7. The number of hydrogen-bond acceptors (Lipinski definition) is 5. The first kappa shape index (κ1) is 19.0. The van der Waals surface area contributed by atoms with Crippen LogP contribution in [0.5, 0.6) is 11.5 Å². The second-order valence-corrected chi connectivity index (χ2v) is 5.48. The molecule has 7 heteroatoms. The predicted molar refractivity (Wildman–Crippen MR) is 99.8 cm³/mol. The molecule has 0 saturated heterocycles. The summed E-state index contributed by atoms with van der Waals surface area (Å²) in [4.78, 5) is 24.2. The van der Waals surface area contributed by atoms with Crippen molar-refractivity contribution in [1.29, 1.82) is 0 Å². The highest BCUT2D eigenvalue weighted by molar-refractivity contribution is 6.06. The van der Waals surface area contributed by atoms with Gasteiger partial charge in [0.05, 0.1) is 20.6 Å². The number of anilines is 1. The molecule has 2 aromatic rings. The topological polar surface area (TPSA) is 89.0 Å². The van der Waals surface area contributed by atoms with Gasteiger partial charge in [0.2, 0.25) is 5.91 Å². The third kappa shape index (κ3) is 5.62. The number of hydrazone groups is 1. The summed E-state index contributed by atoms with van der Waals surface area (Å²) in [5.74, 6) is 0.356. The Labute approximate surface area is 152 Å². The monoisotopic (exact) mass is 355 g/mol. The van der Waals surface area contributed by atoms with Crippen LogP contribution in [0.3, 0.4) is 0 Å². The van der Waals surface area contributed by atoms with Gasteiger partial charge in [0.1, 0.15) is 11.5 Å². The molecule has 0 fully saturated rings. The summed E-state index contributed by atoms with van der Waals surface area (Å²) < 4.78 is 10.3. The second-order valence-electron chi connectivity index (χ2n) is 5.48. The van der Waals surface area contributed by atoms with Crippen LogP contribution < -0.4 is 20.2 Å². The molecule has 0 aliphatic heterocycles. The minimum atomic E-state index is -0.426. The maximum atomic E-state index is 12.2. The SMILES string of the molecule is COc1cc(OC)cc(C(=O)N/N=C(\C)CC(=O)Nc2ccccc2)c1. The zero-order valence-electron chi connectivity index (χ0n) is 14.9. The van der Waals surface area contributed by atoms with E-state index in [2.05, 4.69) is 15.8 Å². The fourth-order valence-electron chi connectivity index (χ4n) is 2.15. The minimum Gasteiger partial charge on any atom is -0.497 e. The van der Waals surface area contributed by atoms with Crippen molar-refractivity contribution in [2.45, 2.75) is 13.3 Å². The molecule has 2 aromatic carbocycles. The van der Waals surface area contributed by atoms with Crippen molar-refractivity contribution in [1.82, 2.24) is 5.43 Å². The fraction of sp³-hybridized carbons (Fsp3) is 0.211. The Kier molecular flexibility index (Phi) is 6.73. The molecule has 26 heavy (non-hydrogen) atoms. The maximum absolute atomic E-state index is 12.2. The number of nitrogens with one attached hydrogen (secondary N) is 2. The van der Waals surface area contributed by atoms with Crippen molar-refractivity contribution in [3.05, 3.63) is 54.1 Å². The predicted octanol–water partition coefficient (Wildman–Crippen LogP) is 2.84. The molecule has 136 valence electrons. The van der Waals surface area contributed by atoms with Crippen LogP contribution in [0.15, 0.2) is 53.6 Å². The van der Waals surface area contributed by atoms with Crippen LogP contribution in [0.25, 0.3) is 0 Å². The Morgan fingerprint density at radius 1 is 1.00 bits per heavy atom. The third-order valence-corrected chi connectivity index (χ3v) is 3.44. The van der Waals surface area contributed by atoms with Crippen LogP contribution in [0.2, 0.25) is 0 Å². The lowest BCUT2D eigenvalue weighted by atomic mass is 10.2. The number of amides is 2. The van der Waals surface area contributed by atoms with Crippen LogP contribution in [-0.2, 0) is 4.79 Å². The molecule has 0 bridgehead atoms. The molecular formula is C19H21N3O4. The van der Waals surface area contributed by atoms with E-state index in [1.807, 2.05) is 18.2 Å². The summed E-state index contributed by atoms with van der Waals surface area (Å²) >= 11 is 0. The van der Waals surface area contributed by atoms with Gasteiger partial charge >= 0.3 is 0 Å². The summed E-state index contributed by atoms with van der Waals surface area (Å²) in [7, 11) is 3.01. The summed E-state index contributed by atoms with van der Waals surface area (Å²) in [6.07, 6.45) is 0.0661. The Bertz CT molecular complexity index is 781. The van der Waals surface area contributed by atoms with Gasteiger partial charge in [-0.15, -0.1) is 0 Å². The molecule has 0 aromatic heterocycles. The molecule has 0 aliphatic carbocycles. The number of methoxy groups -OCH3 is 2. The Morgan fingerprint density at radius 3 is 2.19 bits per heavy atom. The van der Waals surface area contributed by atoms with E-state index in [9.17, 15) is 9.59 Å². The van der Waals surface area contributed by atoms with Gasteiger partial charge in [0.25, 0.3) is 5.91 Å². The van der Waals surface area contributed by atoms with E-state index in [0.717, 1.165) is 0 Å². The van der Waals surface area contributed by atoms with E-state index in [4.69, 9.17) is 9.47 Å². The van der Waals surface area contributed by atoms with Crippen molar-refractivity contribution in [3.63, 3.8) is 0 Å². The number of carbonyl (C=O) groups is 2. The molecular weight excluding hydrogens is 334 g/mol. The highest BCUT2D eigenvalue weighted by atomic mass is 16.5. The molecule has 7 nitrogen and oxygen atoms in total. The van der Waals surface area contributed by atoms with Gasteiger partial charge in [-0.1, -0.05) is 18.2 Å². The van der Waals surface area contributed by atoms with Crippen molar-refractivity contribution in [2.24, 2.45) is 5.10 Å². The highest BCUT2D eigenvalue weighted by Gasteiger charge is 2.10. The van der Waals surface area contributed by atoms with Crippen molar-refractivity contribution in [3.8, 4) is 11.5 Å². The van der Waals surface area contributed by atoms with E-state index < -0.39 is 5.91 Å². The van der Waals surface area contributed by atoms with Gasteiger partial charge in [-0.25, -0.2) is 5.43 Å². The van der Waals surface area contributed by atoms with Crippen molar-refractivity contribution >= 4 is 23.2 Å². The number of nitrogens with zero attached hydrogens (tertiary/aromatic N) is 1. The van der Waals surface area contributed by atoms with Crippen LogP contribution in [0, 0.1) is 0 Å². The summed E-state index contributed by atoms with van der Waals surface area (Å²) in [6, 6.07) is 13.9. The molecule has 0 unspecified atom stereocenters. The second kappa shape index (κ2) is 9.22. The Morgan fingerprint density at radius 2 is 1.62 bits per heavy atom. The lowest BCUT2D eigenvalue weighted by molar-refractivity contribution is -0.115. The molecule has 0 heterocycles. The molecule has 0 aliphatic rings. The zero-order chi connectivity index (χ0) is 18.9. The van der Waals surface area contributed by atoms with Gasteiger partial charge in [0.15, 0.2) is 0 Å². The molecule has 0 saturated carbocycles. The normalized spacial score (nSPS) is 10.8. The lowest BCUT2D eigenvalue weighted by Gasteiger charge is -2.08. The number of benzene rings is 2. The first-order valence-electron chi connectivity index (χ1n) is 7.93. The van der Waals surface area contributed by atoms with Crippen LogP contribution in [0.4, 0.5) is 5.69 Å². The van der Waals surface area contributed by atoms with Gasteiger partial charge < -0.3 is 14.8 Å². The van der Waals surface area contributed by atoms with Crippen molar-refractivity contribution in [2.75, 3.05) is 19.5 Å². The lowest BCUT2D eigenvalue weighted by Crippen LogP contribution is -2.21.